The summed E-state index contributed by atoms with van der Waals surface area (Å²) in [6.45, 7) is 3.07. The Bertz CT molecular complexity index is 801. The first-order chi connectivity index (χ1) is 11.4. The second-order valence-electron chi connectivity index (χ2n) is 5.25. The van der Waals surface area contributed by atoms with Crippen molar-refractivity contribution in [3.05, 3.63) is 69.3 Å². The van der Waals surface area contributed by atoms with Crippen LogP contribution in [0.15, 0.2) is 42.5 Å². The molecular formula is C17H16N2O5. The van der Waals surface area contributed by atoms with E-state index in [0.29, 0.717) is 16.8 Å². The largest absolute Gasteiger partial charge is 0.452 e. The van der Waals surface area contributed by atoms with Gasteiger partial charge in [-0.15, -0.1) is 0 Å². The van der Waals surface area contributed by atoms with Crippen molar-refractivity contribution in [3.63, 3.8) is 0 Å². The van der Waals surface area contributed by atoms with E-state index in [2.05, 4.69) is 5.32 Å². The maximum atomic E-state index is 11.9. The van der Waals surface area contributed by atoms with Crippen molar-refractivity contribution in [2.75, 3.05) is 11.9 Å². The topological polar surface area (TPSA) is 98.5 Å². The van der Waals surface area contributed by atoms with Crippen LogP contribution in [0.4, 0.5) is 11.4 Å². The van der Waals surface area contributed by atoms with Gasteiger partial charge in [0.05, 0.1) is 16.2 Å². The Morgan fingerprint density at radius 2 is 1.92 bits per heavy atom. The van der Waals surface area contributed by atoms with Crippen LogP contribution in [0.1, 0.15) is 21.5 Å². The molecule has 7 heteroatoms. The zero-order valence-corrected chi connectivity index (χ0v) is 13.2. The number of carbonyl (C=O) groups is 2. The van der Waals surface area contributed by atoms with Gasteiger partial charge in [0.1, 0.15) is 0 Å². The van der Waals surface area contributed by atoms with Crippen molar-refractivity contribution >= 4 is 23.3 Å². The quantitative estimate of drug-likeness (QED) is 0.517. The van der Waals surface area contributed by atoms with Crippen LogP contribution in [0, 0.1) is 24.0 Å². The van der Waals surface area contributed by atoms with Gasteiger partial charge >= 0.3 is 5.97 Å². The molecule has 1 amide bonds. The minimum Gasteiger partial charge on any atom is -0.452 e. The van der Waals surface area contributed by atoms with Crippen molar-refractivity contribution in [2.24, 2.45) is 0 Å². The van der Waals surface area contributed by atoms with Crippen LogP contribution < -0.4 is 5.32 Å². The van der Waals surface area contributed by atoms with Crippen molar-refractivity contribution in [1.29, 1.82) is 0 Å². The first-order valence-electron chi connectivity index (χ1n) is 7.15. The number of anilines is 1. The molecule has 0 radical (unpaired) electrons. The molecule has 2 aromatic carbocycles. The summed E-state index contributed by atoms with van der Waals surface area (Å²) >= 11 is 0. The van der Waals surface area contributed by atoms with Gasteiger partial charge in [-0.2, -0.15) is 0 Å². The number of amides is 1. The number of nitrogens with zero attached hydrogens (tertiary/aromatic N) is 1. The number of hydrogen-bond acceptors (Lipinski definition) is 5. The van der Waals surface area contributed by atoms with Crippen LogP contribution in [0.5, 0.6) is 0 Å². The predicted molar refractivity (Wildman–Crippen MR) is 87.9 cm³/mol. The van der Waals surface area contributed by atoms with E-state index < -0.39 is 23.4 Å². The molecule has 0 aliphatic rings. The molecule has 0 atom stereocenters. The van der Waals surface area contributed by atoms with E-state index >= 15 is 0 Å². The van der Waals surface area contributed by atoms with Crippen LogP contribution in [-0.4, -0.2) is 23.4 Å². The summed E-state index contributed by atoms with van der Waals surface area (Å²) < 4.78 is 4.95. The molecule has 2 rings (SSSR count). The summed E-state index contributed by atoms with van der Waals surface area (Å²) in [7, 11) is 0. The number of hydrogen-bond donors (Lipinski definition) is 1. The van der Waals surface area contributed by atoms with Gasteiger partial charge in [0.25, 0.3) is 11.6 Å². The smallest absolute Gasteiger partial charge is 0.338 e. The first-order valence-corrected chi connectivity index (χ1v) is 7.15. The molecule has 1 N–H and O–H groups in total. The Hall–Kier alpha value is -3.22. The van der Waals surface area contributed by atoms with Crippen LogP contribution >= 0.6 is 0 Å². The molecule has 0 saturated heterocycles. The molecule has 24 heavy (non-hydrogen) atoms. The van der Waals surface area contributed by atoms with Gasteiger partial charge in [-0.05, 0) is 31.5 Å². The van der Waals surface area contributed by atoms with Gasteiger partial charge in [-0.1, -0.05) is 23.8 Å². The number of nitro benzene ring substituents is 1. The molecule has 0 aliphatic heterocycles. The molecule has 7 nitrogen and oxygen atoms in total. The maximum absolute atomic E-state index is 11.9. The summed E-state index contributed by atoms with van der Waals surface area (Å²) in [4.78, 5) is 34.0. The number of benzene rings is 2. The van der Waals surface area contributed by atoms with E-state index in [0.717, 1.165) is 5.56 Å². The Morgan fingerprint density at radius 3 is 2.58 bits per heavy atom. The van der Waals surface area contributed by atoms with Crippen molar-refractivity contribution in [2.45, 2.75) is 13.8 Å². The van der Waals surface area contributed by atoms with Crippen molar-refractivity contribution in [3.8, 4) is 0 Å². The van der Waals surface area contributed by atoms with Gasteiger partial charge in [-0.25, -0.2) is 4.79 Å². The SMILES string of the molecule is Cc1cccc(C(=O)OCC(=O)Nc2cc([N+](=O)[O-])ccc2C)c1. The Morgan fingerprint density at radius 1 is 1.17 bits per heavy atom. The lowest BCUT2D eigenvalue weighted by molar-refractivity contribution is -0.384. The van der Waals surface area contributed by atoms with E-state index in [4.69, 9.17) is 4.74 Å². The molecule has 0 heterocycles. The molecule has 124 valence electrons. The van der Waals surface area contributed by atoms with E-state index in [9.17, 15) is 19.7 Å². The molecule has 0 aromatic heterocycles. The lowest BCUT2D eigenvalue weighted by Crippen LogP contribution is -2.21. The lowest BCUT2D eigenvalue weighted by atomic mass is 10.1. The van der Waals surface area contributed by atoms with E-state index in [1.165, 1.54) is 18.2 Å². The third-order valence-electron chi connectivity index (χ3n) is 3.29. The Kier molecular flexibility index (Phi) is 5.26. The summed E-state index contributed by atoms with van der Waals surface area (Å²) in [5.41, 5.74) is 2.10. The Balaban J connectivity index is 1.97. The third-order valence-corrected chi connectivity index (χ3v) is 3.29. The predicted octanol–water partition coefficient (Wildman–Crippen LogP) is 3.01. The van der Waals surface area contributed by atoms with Crippen LogP contribution in [0.3, 0.4) is 0 Å². The fourth-order valence-corrected chi connectivity index (χ4v) is 2.03. The number of ether oxygens (including phenoxy) is 1. The van der Waals surface area contributed by atoms with Gasteiger partial charge in [-0.3, -0.25) is 14.9 Å². The summed E-state index contributed by atoms with van der Waals surface area (Å²) in [6, 6.07) is 11.0. The highest BCUT2D eigenvalue weighted by atomic mass is 16.6. The number of nitrogens with one attached hydrogen (secondary N) is 1. The molecule has 0 saturated carbocycles. The minimum absolute atomic E-state index is 0.132. The van der Waals surface area contributed by atoms with Crippen molar-refractivity contribution < 1.29 is 19.2 Å². The van der Waals surface area contributed by atoms with E-state index in [1.54, 1.807) is 25.1 Å². The molecule has 2 aromatic rings. The number of aryl methyl sites for hydroxylation is 2. The first kappa shape index (κ1) is 17.1. The second kappa shape index (κ2) is 7.36. The highest BCUT2D eigenvalue weighted by molar-refractivity contribution is 5.96. The van der Waals surface area contributed by atoms with Gasteiger partial charge in [0.2, 0.25) is 0 Å². The summed E-state index contributed by atoms with van der Waals surface area (Å²) in [5.74, 6) is -1.18. The highest BCUT2D eigenvalue weighted by Gasteiger charge is 2.13. The molecule has 0 fully saturated rings. The molecule has 0 aliphatic carbocycles. The highest BCUT2D eigenvalue weighted by Crippen LogP contribution is 2.21. The minimum atomic E-state index is -0.607. The zero-order chi connectivity index (χ0) is 17.7. The number of esters is 1. The third kappa shape index (κ3) is 4.39. The van der Waals surface area contributed by atoms with Gasteiger partial charge in [0.15, 0.2) is 6.61 Å². The van der Waals surface area contributed by atoms with Crippen LogP contribution in [0.25, 0.3) is 0 Å². The summed E-state index contributed by atoms with van der Waals surface area (Å²) in [5, 5.41) is 13.3. The number of carbonyl (C=O) groups excluding carboxylic acids is 2. The van der Waals surface area contributed by atoms with Gasteiger partial charge in [0, 0.05) is 12.1 Å². The summed E-state index contributed by atoms with van der Waals surface area (Å²) in [6.07, 6.45) is 0. The van der Waals surface area contributed by atoms with Crippen molar-refractivity contribution in [1.82, 2.24) is 0 Å². The van der Waals surface area contributed by atoms with E-state index in [-0.39, 0.29) is 5.69 Å². The molecule has 0 bridgehead atoms. The molecular weight excluding hydrogens is 312 g/mol. The standard InChI is InChI=1S/C17H16N2O5/c1-11-4-3-5-13(8-11)17(21)24-10-16(20)18-15-9-14(19(22)23)7-6-12(15)2/h3-9H,10H2,1-2H3,(H,18,20). The normalized spacial score (nSPS) is 10.1. The molecule has 0 unspecified atom stereocenters. The van der Waals surface area contributed by atoms with E-state index in [1.807, 2.05) is 13.0 Å². The average molecular weight is 328 g/mol. The number of rotatable bonds is 5. The van der Waals surface area contributed by atoms with Gasteiger partial charge < -0.3 is 10.1 Å². The Labute approximate surface area is 138 Å². The fourth-order valence-electron chi connectivity index (χ4n) is 2.03. The monoisotopic (exact) mass is 328 g/mol. The molecule has 0 spiro atoms. The fraction of sp³-hybridized carbons (Fsp3) is 0.176. The van der Waals surface area contributed by atoms with Crippen LogP contribution in [0.2, 0.25) is 0 Å². The number of nitro groups is 1. The van der Waals surface area contributed by atoms with Crippen LogP contribution in [-0.2, 0) is 9.53 Å². The number of non-ortho nitro benzene ring substituents is 1. The second-order valence-corrected chi connectivity index (χ2v) is 5.25. The maximum Gasteiger partial charge on any atom is 0.338 e. The zero-order valence-electron chi connectivity index (χ0n) is 13.2. The lowest BCUT2D eigenvalue weighted by Gasteiger charge is -2.09. The average Bonchev–Trinajstić information content (AvgIpc) is 2.54.